The van der Waals surface area contributed by atoms with E-state index in [1.165, 1.54) is 4.57 Å². The zero-order chi connectivity index (χ0) is 16.9. The van der Waals surface area contributed by atoms with E-state index < -0.39 is 0 Å². The van der Waals surface area contributed by atoms with Gasteiger partial charge in [-0.2, -0.15) is 5.10 Å². The predicted octanol–water partition coefficient (Wildman–Crippen LogP) is 1.54. The van der Waals surface area contributed by atoms with Gasteiger partial charge in [0.1, 0.15) is 17.9 Å². The van der Waals surface area contributed by atoms with Gasteiger partial charge >= 0.3 is 0 Å². The summed E-state index contributed by atoms with van der Waals surface area (Å²) in [6.07, 6.45) is 0. The van der Waals surface area contributed by atoms with Gasteiger partial charge in [0, 0.05) is 24.3 Å². The Balaban J connectivity index is 2.12. The summed E-state index contributed by atoms with van der Waals surface area (Å²) in [4.78, 5) is 27.0. The normalized spacial score (nSPS) is 13.7. The quantitative estimate of drug-likeness (QED) is 0.752. The average molecular weight is 381 g/mol. The predicted molar refractivity (Wildman–Crippen MR) is 89.2 cm³/mol. The molecular formula is C15H17BrN4O3. The van der Waals surface area contributed by atoms with Gasteiger partial charge < -0.3 is 9.30 Å². The third-order valence-electron chi connectivity index (χ3n) is 4.09. The first-order chi connectivity index (χ1) is 10.8. The van der Waals surface area contributed by atoms with Crippen molar-refractivity contribution in [2.45, 2.75) is 13.8 Å². The third-order valence-corrected chi connectivity index (χ3v) is 4.90. The molecule has 0 unspecified atom stereocenters. The first-order valence-electron chi connectivity index (χ1n) is 7.17. The number of rotatable bonds is 1. The minimum absolute atomic E-state index is 0.126. The van der Waals surface area contributed by atoms with Crippen LogP contribution in [0.1, 0.15) is 21.7 Å². The number of halogens is 1. The molecular weight excluding hydrogens is 364 g/mol. The summed E-state index contributed by atoms with van der Waals surface area (Å²) in [5, 5.41) is 4.30. The molecule has 0 atom stereocenters. The van der Waals surface area contributed by atoms with Crippen LogP contribution in [0.15, 0.2) is 15.3 Å². The van der Waals surface area contributed by atoms with Gasteiger partial charge in [0.15, 0.2) is 0 Å². The van der Waals surface area contributed by atoms with Crippen molar-refractivity contribution < 1.29 is 9.53 Å². The van der Waals surface area contributed by atoms with E-state index in [4.69, 9.17) is 4.74 Å². The first-order valence-corrected chi connectivity index (χ1v) is 7.96. The second kappa shape index (κ2) is 5.52. The van der Waals surface area contributed by atoms with Crippen molar-refractivity contribution in [1.82, 2.24) is 14.3 Å². The Labute approximate surface area is 141 Å². The van der Waals surface area contributed by atoms with E-state index >= 15 is 0 Å². The molecule has 1 aliphatic heterocycles. The number of fused-ring (bicyclic) bond motifs is 1. The number of pyridine rings is 1. The molecule has 3 heterocycles. The number of aryl methyl sites for hydroxylation is 2. The molecule has 0 aliphatic carbocycles. The molecule has 1 amide bonds. The lowest BCUT2D eigenvalue weighted by molar-refractivity contribution is 0.0973. The lowest BCUT2D eigenvalue weighted by Crippen LogP contribution is -2.41. The van der Waals surface area contributed by atoms with Crippen LogP contribution in [0.3, 0.4) is 0 Å². The smallest absolute Gasteiger partial charge is 0.264 e. The Morgan fingerprint density at radius 1 is 1.35 bits per heavy atom. The molecule has 122 valence electrons. The second-order valence-electron chi connectivity index (χ2n) is 5.52. The zero-order valence-corrected chi connectivity index (χ0v) is 15.0. The summed E-state index contributed by atoms with van der Waals surface area (Å²) in [6, 6.07) is 1.58. The van der Waals surface area contributed by atoms with Crippen molar-refractivity contribution in [3.8, 4) is 5.88 Å². The van der Waals surface area contributed by atoms with Crippen LogP contribution in [0, 0.1) is 13.8 Å². The highest BCUT2D eigenvalue weighted by Gasteiger charge is 2.31. The van der Waals surface area contributed by atoms with Crippen LogP contribution < -0.4 is 15.2 Å². The summed E-state index contributed by atoms with van der Waals surface area (Å²) in [6.45, 7) is 4.38. The Hall–Kier alpha value is -2.09. The summed E-state index contributed by atoms with van der Waals surface area (Å²) < 4.78 is 9.40. The standard InChI is InChI=1S/C15H17BrN4O3/c1-8-12-15(19(4)17-8)23-6-5-20(12)14(22)10-7-11(16)9(2)18(3)13(10)21/h7H,5-6H2,1-4H3. The Bertz CT molecular complexity index is 869. The van der Waals surface area contributed by atoms with E-state index in [-0.39, 0.29) is 17.0 Å². The van der Waals surface area contributed by atoms with Gasteiger partial charge in [-0.3, -0.25) is 14.5 Å². The van der Waals surface area contributed by atoms with Crippen LogP contribution in [-0.2, 0) is 14.1 Å². The maximum absolute atomic E-state index is 13.0. The van der Waals surface area contributed by atoms with Crippen molar-refractivity contribution >= 4 is 27.5 Å². The van der Waals surface area contributed by atoms with E-state index in [2.05, 4.69) is 21.0 Å². The number of ether oxygens (including phenoxy) is 1. The summed E-state index contributed by atoms with van der Waals surface area (Å²) in [7, 11) is 3.42. The summed E-state index contributed by atoms with van der Waals surface area (Å²) in [5.41, 5.74) is 1.90. The number of hydrogen-bond acceptors (Lipinski definition) is 4. The van der Waals surface area contributed by atoms with Gasteiger partial charge in [-0.1, -0.05) is 0 Å². The van der Waals surface area contributed by atoms with Crippen LogP contribution in [0.5, 0.6) is 5.88 Å². The second-order valence-corrected chi connectivity index (χ2v) is 6.38. The molecule has 0 saturated carbocycles. The number of aromatic nitrogens is 3. The van der Waals surface area contributed by atoms with E-state index in [1.807, 2.05) is 13.8 Å². The fourth-order valence-electron chi connectivity index (χ4n) is 2.73. The first kappa shape index (κ1) is 15.8. The van der Waals surface area contributed by atoms with Crippen LogP contribution in [0.4, 0.5) is 5.69 Å². The van der Waals surface area contributed by atoms with Crippen molar-refractivity contribution in [2.75, 3.05) is 18.1 Å². The molecule has 0 saturated heterocycles. The van der Waals surface area contributed by atoms with Gasteiger partial charge in [0.05, 0.1) is 12.2 Å². The molecule has 0 bridgehead atoms. The Morgan fingerprint density at radius 2 is 2.04 bits per heavy atom. The maximum atomic E-state index is 13.0. The molecule has 23 heavy (non-hydrogen) atoms. The van der Waals surface area contributed by atoms with E-state index in [0.29, 0.717) is 30.4 Å². The van der Waals surface area contributed by atoms with Gasteiger partial charge in [0.2, 0.25) is 5.88 Å². The van der Waals surface area contributed by atoms with Crippen LogP contribution >= 0.6 is 15.9 Å². The van der Waals surface area contributed by atoms with Gasteiger partial charge in [-0.25, -0.2) is 4.68 Å². The van der Waals surface area contributed by atoms with Crippen molar-refractivity contribution in [1.29, 1.82) is 0 Å². The summed E-state index contributed by atoms with van der Waals surface area (Å²) >= 11 is 3.40. The van der Waals surface area contributed by atoms with E-state index in [0.717, 1.165) is 10.2 Å². The monoisotopic (exact) mass is 380 g/mol. The fraction of sp³-hybridized carbons (Fsp3) is 0.400. The van der Waals surface area contributed by atoms with Crippen molar-refractivity contribution in [2.24, 2.45) is 14.1 Å². The third kappa shape index (κ3) is 2.37. The highest BCUT2D eigenvalue weighted by atomic mass is 79.9. The zero-order valence-electron chi connectivity index (χ0n) is 13.4. The molecule has 7 nitrogen and oxygen atoms in total. The fourth-order valence-corrected chi connectivity index (χ4v) is 3.23. The number of hydrogen-bond donors (Lipinski definition) is 0. The number of carbonyl (C=O) groups is 1. The molecule has 0 aromatic carbocycles. The SMILES string of the molecule is Cc1nn(C)c2c1N(C(=O)c1cc(Br)c(C)n(C)c1=O)CCO2. The highest BCUT2D eigenvalue weighted by Crippen LogP contribution is 2.35. The highest BCUT2D eigenvalue weighted by molar-refractivity contribution is 9.10. The maximum Gasteiger partial charge on any atom is 0.264 e. The number of nitrogens with zero attached hydrogens (tertiary/aromatic N) is 4. The number of amides is 1. The molecule has 2 aromatic rings. The van der Waals surface area contributed by atoms with Crippen molar-refractivity contribution in [3.63, 3.8) is 0 Å². The Kier molecular flexibility index (Phi) is 3.79. The van der Waals surface area contributed by atoms with Gasteiger partial charge in [-0.15, -0.1) is 0 Å². The molecule has 0 fully saturated rings. The molecule has 2 aromatic heterocycles. The van der Waals surface area contributed by atoms with E-state index in [1.54, 1.807) is 29.7 Å². The molecule has 0 radical (unpaired) electrons. The van der Waals surface area contributed by atoms with E-state index in [9.17, 15) is 9.59 Å². The van der Waals surface area contributed by atoms with Gasteiger partial charge in [0.25, 0.3) is 11.5 Å². The van der Waals surface area contributed by atoms with Gasteiger partial charge in [-0.05, 0) is 35.8 Å². The Morgan fingerprint density at radius 3 is 2.74 bits per heavy atom. The largest absolute Gasteiger partial charge is 0.474 e. The number of carbonyl (C=O) groups excluding carboxylic acids is 1. The van der Waals surface area contributed by atoms with Crippen LogP contribution in [0.25, 0.3) is 0 Å². The van der Waals surface area contributed by atoms with Crippen LogP contribution in [-0.4, -0.2) is 33.4 Å². The minimum atomic E-state index is -0.341. The lowest BCUT2D eigenvalue weighted by atomic mass is 10.2. The van der Waals surface area contributed by atoms with Crippen LogP contribution in [0.2, 0.25) is 0 Å². The molecule has 0 spiro atoms. The average Bonchev–Trinajstić information content (AvgIpc) is 2.83. The minimum Gasteiger partial charge on any atom is -0.474 e. The molecule has 8 heteroatoms. The molecule has 1 aliphatic rings. The molecule has 0 N–H and O–H groups in total. The lowest BCUT2D eigenvalue weighted by Gasteiger charge is -2.27. The molecule has 3 rings (SSSR count). The number of anilines is 1. The topological polar surface area (TPSA) is 69.4 Å². The summed E-state index contributed by atoms with van der Waals surface area (Å²) in [5.74, 6) is 0.206. The van der Waals surface area contributed by atoms with Crippen molar-refractivity contribution in [3.05, 3.63) is 37.8 Å².